The van der Waals surface area contributed by atoms with Gasteiger partial charge in [0.05, 0.1) is 18.3 Å². The Kier molecular flexibility index (Phi) is 6.21. The molecule has 1 fully saturated rings. The molecule has 0 saturated carbocycles. The van der Waals surface area contributed by atoms with Gasteiger partial charge in [0, 0.05) is 24.5 Å². The van der Waals surface area contributed by atoms with Gasteiger partial charge in [0.15, 0.2) is 0 Å². The summed E-state index contributed by atoms with van der Waals surface area (Å²) in [5, 5.41) is 11.9. The first-order chi connectivity index (χ1) is 13.0. The van der Waals surface area contributed by atoms with E-state index in [1.807, 2.05) is 18.2 Å². The van der Waals surface area contributed by atoms with Gasteiger partial charge in [0.25, 0.3) is 5.91 Å². The van der Waals surface area contributed by atoms with Crippen LogP contribution in [0.15, 0.2) is 42.5 Å². The Bertz CT molecular complexity index is 827. The van der Waals surface area contributed by atoms with Crippen molar-refractivity contribution in [1.29, 1.82) is 0 Å². The van der Waals surface area contributed by atoms with Crippen molar-refractivity contribution in [3.05, 3.63) is 64.7 Å². The maximum Gasteiger partial charge on any atom is 0.335 e. The first kappa shape index (κ1) is 19.1. The van der Waals surface area contributed by atoms with Crippen molar-refractivity contribution in [2.45, 2.75) is 32.5 Å². The molecule has 0 spiro atoms. The Labute approximate surface area is 158 Å². The summed E-state index contributed by atoms with van der Waals surface area (Å²) in [6, 6.07) is 12.1. The molecule has 0 unspecified atom stereocenters. The summed E-state index contributed by atoms with van der Waals surface area (Å²) in [5.74, 6) is -1.23. The number of carboxylic acid groups (broad SMARTS) is 1. The lowest BCUT2D eigenvalue weighted by Crippen LogP contribution is -2.24. The number of hydrogen-bond donors (Lipinski definition) is 2. The Morgan fingerprint density at radius 2 is 1.89 bits per heavy atom. The van der Waals surface area contributed by atoms with Gasteiger partial charge in [-0.05, 0) is 55.2 Å². The molecule has 1 amide bonds. The van der Waals surface area contributed by atoms with Crippen LogP contribution >= 0.6 is 0 Å². The minimum absolute atomic E-state index is 0.154. The fourth-order valence-corrected chi connectivity index (χ4v) is 3.10. The van der Waals surface area contributed by atoms with Gasteiger partial charge in [0.2, 0.25) is 0 Å². The van der Waals surface area contributed by atoms with E-state index in [4.69, 9.17) is 14.6 Å². The molecule has 3 rings (SSSR count). The van der Waals surface area contributed by atoms with E-state index in [2.05, 4.69) is 5.32 Å². The molecule has 1 heterocycles. The molecule has 0 bridgehead atoms. The number of ether oxygens (including phenoxy) is 2. The second-order valence-corrected chi connectivity index (χ2v) is 6.57. The van der Waals surface area contributed by atoms with Crippen LogP contribution in [0, 0.1) is 6.92 Å². The van der Waals surface area contributed by atoms with Gasteiger partial charge in [-0.1, -0.05) is 18.2 Å². The third kappa shape index (κ3) is 4.93. The van der Waals surface area contributed by atoms with Crippen LogP contribution in [0.3, 0.4) is 0 Å². The van der Waals surface area contributed by atoms with E-state index < -0.39 is 5.97 Å². The average Bonchev–Trinajstić information content (AvgIpc) is 2.67. The van der Waals surface area contributed by atoms with Crippen LogP contribution in [0.1, 0.15) is 44.7 Å². The number of carbonyl (C=O) groups is 2. The van der Waals surface area contributed by atoms with Gasteiger partial charge >= 0.3 is 5.97 Å². The van der Waals surface area contributed by atoms with E-state index in [0.717, 1.165) is 18.4 Å². The molecule has 142 valence electrons. The molecule has 2 aromatic carbocycles. The molecule has 27 heavy (non-hydrogen) atoms. The lowest BCUT2D eigenvalue weighted by atomic mass is 10.1. The van der Waals surface area contributed by atoms with Gasteiger partial charge < -0.3 is 19.9 Å². The molecule has 1 aliphatic heterocycles. The van der Waals surface area contributed by atoms with E-state index in [-0.39, 0.29) is 17.6 Å². The second kappa shape index (κ2) is 8.79. The lowest BCUT2D eigenvalue weighted by Gasteiger charge is -2.23. The number of nitrogens with one attached hydrogen (secondary N) is 1. The molecule has 0 aliphatic carbocycles. The highest BCUT2D eigenvalue weighted by Gasteiger charge is 2.17. The van der Waals surface area contributed by atoms with Crippen LogP contribution in [0.4, 0.5) is 5.69 Å². The number of rotatable bonds is 6. The molecule has 2 N–H and O–H groups in total. The highest BCUT2D eigenvalue weighted by molar-refractivity contribution is 6.05. The molecular weight excluding hydrogens is 346 g/mol. The Morgan fingerprint density at radius 1 is 1.15 bits per heavy atom. The number of carboxylic acids is 1. The van der Waals surface area contributed by atoms with Gasteiger partial charge in [-0.15, -0.1) is 0 Å². The summed E-state index contributed by atoms with van der Waals surface area (Å²) in [6.07, 6.45) is 1.88. The number of amides is 1. The van der Waals surface area contributed by atoms with Crippen LogP contribution in [-0.4, -0.2) is 36.3 Å². The maximum atomic E-state index is 12.7. The monoisotopic (exact) mass is 369 g/mol. The highest BCUT2D eigenvalue weighted by atomic mass is 16.5. The molecule has 0 radical (unpaired) electrons. The molecule has 0 aromatic heterocycles. The fourth-order valence-electron chi connectivity index (χ4n) is 3.10. The zero-order valence-electron chi connectivity index (χ0n) is 15.2. The zero-order chi connectivity index (χ0) is 19.2. The molecule has 6 nitrogen and oxygen atoms in total. The van der Waals surface area contributed by atoms with Crippen molar-refractivity contribution in [3.63, 3.8) is 0 Å². The van der Waals surface area contributed by atoms with E-state index >= 15 is 0 Å². The Morgan fingerprint density at radius 3 is 2.59 bits per heavy atom. The molecular formula is C21H23NO5. The number of carbonyl (C=O) groups excluding carboxylic acids is 1. The summed E-state index contributed by atoms with van der Waals surface area (Å²) < 4.78 is 11.3. The first-order valence-corrected chi connectivity index (χ1v) is 8.97. The van der Waals surface area contributed by atoms with Crippen LogP contribution in [0.2, 0.25) is 0 Å². The van der Waals surface area contributed by atoms with E-state index in [1.165, 1.54) is 6.07 Å². The van der Waals surface area contributed by atoms with E-state index in [0.29, 0.717) is 36.6 Å². The predicted molar refractivity (Wildman–Crippen MR) is 101 cm³/mol. The number of hydrogen-bond acceptors (Lipinski definition) is 4. The molecule has 2 aromatic rings. The maximum absolute atomic E-state index is 12.7. The lowest BCUT2D eigenvalue weighted by molar-refractivity contribution is -0.0391. The van der Waals surface area contributed by atoms with Crippen LogP contribution in [-0.2, 0) is 16.1 Å². The van der Waals surface area contributed by atoms with Crippen molar-refractivity contribution in [1.82, 2.24) is 0 Å². The number of anilines is 1. The summed E-state index contributed by atoms with van der Waals surface area (Å²) in [6.45, 7) is 3.48. The van der Waals surface area contributed by atoms with Crippen LogP contribution in [0.25, 0.3) is 0 Å². The van der Waals surface area contributed by atoms with Gasteiger partial charge in [-0.3, -0.25) is 4.79 Å². The van der Waals surface area contributed by atoms with Crippen molar-refractivity contribution < 1.29 is 24.2 Å². The Hall–Kier alpha value is -2.70. The van der Waals surface area contributed by atoms with Crippen molar-refractivity contribution in [2.75, 3.05) is 18.5 Å². The fraction of sp³-hybridized carbons (Fsp3) is 0.333. The normalized spacial score (nSPS) is 14.7. The van der Waals surface area contributed by atoms with Crippen molar-refractivity contribution in [2.24, 2.45) is 0 Å². The van der Waals surface area contributed by atoms with E-state index in [9.17, 15) is 9.59 Å². The van der Waals surface area contributed by atoms with Gasteiger partial charge in [0.1, 0.15) is 0 Å². The largest absolute Gasteiger partial charge is 0.478 e. The number of aromatic carboxylic acids is 1. The van der Waals surface area contributed by atoms with E-state index in [1.54, 1.807) is 25.1 Å². The Balaban J connectivity index is 1.69. The van der Waals surface area contributed by atoms with Gasteiger partial charge in [-0.25, -0.2) is 4.79 Å². The zero-order valence-corrected chi connectivity index (χ0v) is 15.2. The summed E-state index contributed by atoms with van der Waals surface area (Å²) >= 11 is 0. The SMILES string of the molecule is Cc1cc(NC(=O)c2ccccc2COC2CCOCC2)ccc1C(=O)O. The predicted octanol–water partition coefficient (Wildman–Crippen LogP) is 3.64. The van der Waals surface area contributed by atoms with Crippen molar-refractivity contribution in [3.8, 4) is 0 Å². The number of aryl methyl sites for hydroxylation is 1. The summed E-state index contributed by atoms with van der Waals surface area (Å²) in [5.41, 5.74) is 2.74. The third-order valence-corrected chi connectivity index (χ3v) is 4.62. The quantitative estimate of drug-likeness (QED) is 0.812. The molecule has 1 aliphatic rings. The van der Waals surface area contributed by atoms with Crippen molar-refractivity contribution >= 4 is 17.6 Å². The number of benzene rings is 2. The van der Waals surface area contributed by atoms with Gasteiger partial charge in [-0.2, -0.15) is 0 Å². The third-order valence-electron chi connectivity index (χ3n) is 4.62. The molecule has 0 atom stereocenters. The second-order valence-electron chi connectivity index (χ2n) is 6.57. The molecule has 6 heteroatoms. The standard InChI is InChI=1S/C21H23NO5/c1-14-12-16(6-7-18(14)21(24)25)22-20(23)19-5-3-2-4-15(19)13-27-17-8-10-26-11-9-17/h2-7,12,17H,8-11,13H2,1H3,(H,22,23)(H,24,25). The highest BCUT2D eigenvalue weighted by Crippen LogP contribution is 2.19. The minimum Gasteiger partial charge on any atom is -0.478 e. The topological polar surface area (TPSA) is 84.9 Å². The minimum atomic E-state index is -0.985. The molecule has 1 saturated heterocycles. The van der Waals surface area contributed by atoms with Crippen LogP contribution in [0.5, 0.6) is 0 Å². The van der Waals surface area contributed by atoms with Crippen LogP contribution < -0.4 is 5.32 Å². The summed E-state index contributed by atoms with van der Waals surface area (Å²) in [4.78, 5) is 23.8. The smallest absolute Gasteiger partial charge is 0.335 e. The summed E-state index contributed by atoms with van der Waals surface area (Å²) in [7, 11) is 0. The first-order valence-electron chi connectivity index (χ1n) is 8.97. The average molecular weight is 369 g/mol.